The predicted molar refractivity (Wildman–Crippen MR) is 83.3 cm³/mol. The maximum Gasteiger partial charge on any atom is 0.354 e. The van der Waals surface area contributed by atoms with Crippen LogP contribution in [0.25, 0.3) is 0 Å². The van der Waals surface area contributed by atoms with E-state index >= 15 is 0 Å². The molecule has 4 nitrogen and oxygen atoms in total. The first kappa shape index (κ1) is 15.3. The fourth-order valence-corrected chi connectivity index (χ4v) is 2.27. The fourth-order valence-electron chi connectivity index (χ4n) is 2.27. The first-order valence-electron chi connectivity index (χ1n) is 7.05. The highest BCUT2D eigenvalue weighted by Crippen LogP contribution is 2.21. The van der Waals surface area contributed by atoms with Gasteiger partial charge >= 0.3 is 5.97 Å². The summed E-state index contributed by atoms with van der Waals surface area (Å²) in [7, 11) is 1.38. The lowest BCUT2D eigenvalue weighted by molar-refractivity contribution is 0.0594. The van der Waals surface area contributed by atoms with E-state index in [0.717, 1.165) is 12.2 Å². The summed E-state index contributed by atoms with van der Waals surface area (Å²) in [6.45, 7) is 5.96. The average molecular weight is 286 g/mol. The Morgan fingerprint density at radius 2 is 1.90 bits per heavy atom. The molecule has 0 fully saturated rings. The van der Waals surface area contributed by atoms with Gasteiger partial charge in [-0.15, -0.1) is 0 Å². The maximum atomic E-state index is 11.4. The van der Waals surface area contributed by atoms with E-state index in [1.54, 1.807) is 6.07 Å². The second-order valence-electron chi connectivity index (χ2n) is 5.74. The molecule has 0 aliphatic rings. The summed E-state index contributed by atoms with van der Waals surface area (Å²) < 4.78 is 4.68. The van der Waals surface area contributed by atoms with E-state index < -0.39 is 0 Å². The number of aromatic nitrogens is 1. The summed E-state index contributed by atoms with van der Waals surface area (Å²) in [4.78, 5) is 14.4. The van der Waals surface area contributed by atoms with Crippen LogP contribution in [0.5, 0.6) is 0 Å². The lowest BCUT2D eigenvalue weighted by Gasteiger charge is -2.25. The number of esters is 1. The van der Waals surface area contributed by atoms with Gasteiger partial charge in [0.05, 0.1) is 7.11 Å². The number of methoxy groups -OCH3 is 1. The minimum absolute atomic E-state index is 0.0546. The molecule has 1 heterocycles. The highest BCUT2D eigenvalue weighted by molar-refractivity contribution is 5.87. The van der Waals surface area contributed by atoms with Crippen molar-refractivity contribution in [3.63, 3.8) is 0 Å². The Bertz CT molecular complexity index is 588. The van der Waals surface area contributed by atoms with Crippen LogP contribution >= 0.6 is 0 Å². The fraction of sp³-hybridized carbons (Fsp3) is 0.353. The zero-order valence-corrected chi connectivity index (χ0v) is 12.8. The first-order chi connectivity index (χ1) is 10.0. The third-order valence-corrected chi connectivity index (χ3v) is 3.59. The molecule has 2 aromatic rings. The van der Waals surface area contributed by atoms with Gasteiger partial charge < -0.3 is 15.0 Å². The van der Waals surface area contributed by atoms with Crippen LogP contribution in [0.1, 0.15) is 35.6 Å². The van der Waals surface area contributed by atoms with E-state index in [1.807, 2.05) is 12.1 Å². The van der Waals surface area contributed by atoms with Gasteiger partial charge in [0.15, 0.2) is 0 Å². The summed E-state index contributed by atoms with van der Waals surface area (Å²) in [5.41, 5.74) is 2.81. The van der Waals surface area contributed by atoms with Crippen molar-refractivity contribution in [2.75, 3.05) is 13.7 Å². The van der Waals surface area contributed by atoms with Crippen LogP contribution < -0.4 is 5.32 Å². The summed E-state index contributed by atoms with van der Waals surface area (Å²) >= 11 is 0. The van der Waals surface area contributed by atoms with Gasteiger partial charge in [-0.1, -0.05) is 44.2 Å². The second-order valence-corrected chi connectivity index (χ2v) is 5.74. The molecule has 2 rings (SSSR count). The molecule has 4 heteroatoms. The van der Waals surface area contributed by atoms with E-state index in [0.29, 0.717) is 12.2 Å². The lowest BCUT2D eigenvalue weighted by Crippen LogP contribution is -2.32. The number of benzene rings is 1. The molecule has 0 spiro atoms. The Kier molecular flexibility index (Phi) is 4.81. The topological polar surface area (TPSA) is 54.1 Å². The van der Waals surface area contributed by atoms with Crippen molar-refractivity contribution in [3.05, 3.63) is 59.4 Å². The molecule has 0 amide bonds. The maximum absolute atomic E-state index is 11.4. The molecule has 2 N–H and O–H groups in total. The van der Waals surface area contributed by atoms with Crippen LogP contribution in [0.15, 0.2) is 42.5 Å². The third kappa shape index (κ3) is 3.95. The quantitative estimate of drug-likeness (QED) is 0.803. The summed E-state index contributed by atoms with van der Waals surface area (Å²) in [5.74, 6) is -0.342. The molecule has 112 valence electrons. The first-order valence-corrected chi connectivity index (χ1v) is 7.05. The number of H-pyrrole nitrogens is 1. The van der Waals surface area contributed by atoms with Gasteiger partial charge in [0, 0.05) is 24.2 Å². The minimum atomic E-state index is -0.342. The number of rotatable bonds is 6. The van der Waals surface area contributed by atoms with Gasteiger partial charge in [-0.05, 0) is 17.7 Å². The highest BCUT2D eigenvalue weighted by atomic mass is 16.5. The van der Waals surface area contributed by atoms with E-state index in [1.165, 1.54) is 12.7 Å². The van der Waals surface area contributed by atoms with Gasteiger partial charge in [0.25, 0.3) is 0 Å². The number of ether oxygens (including phenoxy) is 1. The number of hydrogen-bond acceptors (Lipinski definition) is 3. The van der Waals surface area contributed by atoms with Crippen molar-refractivity contribution in [1.82, 2.24) is 10.3 Å². The summed E-state index contributed by atoms with van der Waals surface area (Å²) in [6, 6.07) is 14.1. The lowest BCUT2D eigenvalue weighted by atomic mass is 9.84. The number of carbonyl (C=O) groups excluding carboxylic acids is 1. The SMILES string of the molecule is COC(=O)c1ccc(CNCC(C)(C)c2ccccc2)[nH]1. The molecule has 0 aliphatic heterocycles. The van der Waals surface area contributed by atoms with Crippen LogP contribution in [-0.2, 0) is 16.7 Å². The molecule has 1 aromatic carbocycles. The van der Waals surface area contributed by atoms with E-state index in [4.69, 9.17) is 0 Å². The van der Waals surface area contributed by atoms with Gasteiger partial charge in [0.1, 0.15) is 5.69 Å². The van der Waals surface area contributed by atoms with Crippen molar-refractivity contribution in [1.29, 1.82) is 0 Å². The van der Waals surface area contributed by atoms with Gasteiger partial charge in [0.2, 0.25) is 0 Å². The zero-order valence-electron chi connectivity index (χ0n) is 12.8. The molecular formula is C17H22N2O2. The van der Waals surface area contributed by atoms with E-state index in [-0.39, 0.29) is 11.4 Å². The van der Waals surface area contributed by atoms with Crippen LogP contribution in [0.3, 0.4) is 0 Å². The Hall–Kier alpha value is -2.07. The van der Waals surface area contributed by atoms with Crippen molar-refractivity contribution in [3.8, 4) is 0 Å². The van der Waals surface area contributed by atoms with Crippen LogP contribution in [0.4, 0.5) is 0 Å². The summed E-state index contributed by atoms with van der Waals surface area (Å²) in [5, 5.41) is 3.43. The van der Waals surface area contributed by atoms with Crippen molar-refractivity contribution in [2.45, 2.75) is 25.8 Å². The average Bonchev–Trinajstić information content (AvgIpc) is 2.96. The van der Waals surface area contributed by atoms with Gasteiger partial charge in [-0.3, -0.25) is 0 Å². The standard InChI is InChI=1S/C17H22N2O2/c1-17(2,13-7-5-4-6-8-13)12-18-11-14-9-10-15(19-14)16(20)21-3/h4-10,18-19H,11-12H2,1-3H3. The number of carbonyl (C=O) groups is 1. The minimum Gasteiger partial charge on any atom is -0.464 e. The van der Waals surface area contributed by atoms with Gasteiger partial charge in [-0.2, -0.15) is 0 Å². The molecule has 0 bridgehead atoms. The molecule has 0 saturated heterocycles. The van der Waals surface area contributed by atoms with Crippen molar-refractivity contribution in [2.24, 2.45) is 0 Å². The zero-order chi connectivity index (χ0) is 15.3. The highest BCUT2D eigenvalue weighted by Gasteiger charge is 2.19. The molecule has 0 unspecified atom stereocenters. The van der Waals surface area contributed by atoms with E-state index in [9.17, 15) is 4.79 Å². The largest absolute Gasteiger partial charge is 0.464 e. The Morgan fingerprint density at radius 3 is 2.57 bits per heavy atom. The monoisotopic (exact) mass is 286 g/mol. The molecule has 1 aromatic heterocycles. The molecule has 0 saturated carbocycles. The molecule has 21 heavy (non-hydrogen) atoms. The van der Waals surface area contributed by atoms with Crippen molar-refractivity contribution < 1.29 is 9.53 Å². The second kappa shape index (κ2) is 6.59. The predicted octanol–water partition coefficient (Wildman–Crippen LogP) is 2.87. The Morgan fingerprint density at radius 1 is 1.19 bits per heavy atom. The molecular weight excluding hydrogens is 264 g/mol. The molecule has 0 aliphatic carbocycles. The normalized spacial score (nSPS) is 11.4. The summed E-state index contributed by atoms with van der Waals surface area (Å²) in [6.07, 6.45) is 0. The molecule has 0 radical (unpaired) electrons. The number of aromatic amines is 1. The Labute approximate surface area is 125 Å². The van der Waals surface area contributed by atoms with E-state index in [2.05, 4.69) is 53.2 Å². The van der Waals surface area contributed by atoms with Crippen molar-refractivity contribution >= 4 is 5.97 Å². The van der Waals surface area contributed by atoms with Gasteiger partial charge in [-0.25, -0.2) is 4.79 Å². The number of nitrogens with one attached hydrogen (secondary N) is 2. The molecule has 0 atom stereocenters. The number of hydrogen-bond donors (Lipinski definition) is 2. The smallest absolute Gasteiger partial charge is 0.354 e. The van der Waals surface area contributed by atoms with Crippen LogP contribution in [0.2, 0.25) is 0 Å². The Balaban J connectivity index is 1.89. The third-order valence-electron chi connectivity index (χ3n) is 3.59. The van der Waals surface area contributed by atoms with Crippen LogP contribution in [-0.4, -0.2) is 24.6 Å². The van der Waals surface area contributed by atoms with Crippen LogP contribution in [0, 0.1) is 0 Å².